The van der Waals surface area contributed by atoms with Crippen LogP contribution in [0.15, 0.2) is 12.2 Å². The number of carbonyl (C=O) groups excluding carboxylic acids is 1. The molecule has 0 aliphatic carbocycles. The highest BCUT2D eigenvalue weighted by Gasteiger charge is 1.99. The van der Waals surface area contributed by atoms with Gasteiger partial charge in [0.25, 0.3) is 0 Å². The zero-order valence-corrected chi connectivity index (χ0v) is 6.98. The zero-order chi connectivity index (χ0) is 8.15. The van der Waals surface area contributed by atoms with Gasteiger partial charge in [-0.25, -0.2) is 0 Å². The van der Waals surface area contributed by atoms with Crippen molar-refractivity contribution in [2.24, 2.45) is 0 Å². The minimum absolute atomic E-state index is 0.198. The molecule has 0 saturated carbocycles. The second-order valence-electron chi connectivity index (χ2n) is 2.83. The molecule has 0 N–H and O–H groups in total. The van der Waals surface area contributed by atoms with Crippen molar-refractivity contribution < 1.29 is 4.79 Å². The summed E-state index contributed by atoms with van der Waals surface area (Å²) in [5.74, 6) is 0.198. The Bertz CT molecular complexity index is 124. The van der Waals surface area contributed by atoms with Crippen molar-refractivity contribution in [2.75, 3.05) is 20.1 Å². The van der Waals surface area contributed by atoms with Crippen LogP contribution in [-0.2, 0) is 4.79 Å². The monoisotopic (exact) mass is 141 g/mol. The molecule has 0 unspecified atom stereocenters. The molecule has 2 nitrogen and oxygen atoms in total. The van der Waals surface area contributed by atoms with Crippen molar-refractivity contribution in [3.63, 3.8) is 0 Å². The third-order valence-electron chi connectivity index (χ3n) is 1.03. The van der Waals surface area contributed by atoms with Crippen LogP contribution in [0.3, 0.4) is 0 Å². The molecule has 0 rings (SSSR count). The van der Waals surface area contributed by atoms with Gasteiger partial charge in [-0.15, -0.1) is 0 Å². The lowest BCUT2D eigenvalue weighted by Crippen LogP contribution is -2.25. The van der Waals surface area contributed by atoms with Gasteiger partial charge in [-0.3, -0.25) is 9.69 Å². The van der Waals surface area contributed by atoms with Gasteiger partial charge in [0.2, 0.25) is 0 Å². The molecule has 0 aromatic rings. The van der Waals surface area contributed by atoms with E-state index in [9.17, 15) is 4.79 Å². The molecule has 0 radical (unpaired) electrons. The molecule has 10 heavy (non-hydrogen) atoms. The lowest BCUT2D eigenvalue weighted by Gasteiger charge is -2.13. The predicted octanol–water partition coefficient (Wildman–Crippen LogP) is 1.08. The van der Waals surface area contributed by atoms with E-state index in [0.29, 0.717) is 6.54 Å². The molecule has 0 bridgehead atoms. The maximum atomic E-state index is 10.6. The third-order valence-corrected chi connectivity index (χ3v) is 1.03. The first-order valence-electron chi connectivity index (χ1n) is 3.34. The maximum absolute atomic E-state index is 10.6. The highest BCUT2D eigenvalue weighted by atomic mass is 16.1. The van der Waals surface area contributed by atoms with Gasteiger partial charge in [0, 0.05) is 6.54 Å². The largest absolute Gasteiger partial charge is 0.299 e. The van der Waals surface area contributed by atoms with Crippen LogP contribution in [0.1, 0.15) is 13.8 Å². The second-order valence-corrected chi connectivity index (χ2v) is 2.83. The van der Waals surface area contributed by atoms with Crippen LogP contribution < -0.4 is 0 Å². The molecule has 0 fully saturated rings. The fourth-order valence-corrected chi connectivity index (χ4v) is 0.897. The number of hydrogen-bond donors (Lipinski definition) is 0. The number of carbonyl (C=O) groups is 1. The van der Waals surface area contributed by atoms with Crippen molar-refractivity contribution in [3.8, 4) is 0 Å². The Morgan fingerprint density at radius 1 is 1.40 bits per heavy atom. The molecular formula is C8H15NO. The van der Waals surface area contributed by atoms with Crippen LogP contribution in [0.5, 0.6) is 0 Å². The Balaban J connectivity index is 3.53. The van der Waals surface area contributed by atoms with Gasteiger partial charge in [-0.1, -0.05) is 12.2 Å². The minimum Gasteiger partial charge on any atom is -0.299 e. The van der Waals surface area contributed by atoms with E-state index >= 15 is 0 Å². The molecule has 0 heterocycles. The molecule has 58 valence electrons. The van der Waals surface area contributed by atoms with E-state index in [0.717, 1.165) is 12.1 Å². The lowest BCUT2D eigenvalue weighted by molar-refractivity contribution is -0.117. The van der Waals surface area contributed by atoms with Crippen LogP contribution in [-0.4, -0.2) is 30.8 Å². The summed E-state index contributed by atoms with van der Waals surface area (Å²) in [7, 11) is 1.91. The predicted molar refractivity (Wildman–Crippen MR) is 43.0 cm³/mol. The smallest absolute Gasteiger partial charge is 0.143 e. The SMILES string of the molecule is C=C(C)CN(C)CC(C)=O. The Kier molecular flexibility index (Phi) is 3.96. The molecule has 0 saturated heterocycles. The van der Waals surface area contributed by atoms with Gasteiger partial charge in [0.15, 0.2) is 0 Å². The molecular weight excluding hydrogens is 126 g/mol. The number of hydrogen-bond acceptors (Lipinski definition) is 2. The average Bonchev–Trinajstić information content (AvgIpc) is 1.58. The van der Waals surface area contributed by atoms with Gasteiger partial charge in [-0.05, 0) is 20.9 Å². The summed E-state index contributed by atoms with van der Waals surface area (Å²) in [5, 5.41) is 0. The van der Waals surface area contributed by atoms with Crippen LogP contribution in [0, 0.1) is 0 Å². The highest BCUT2D eigenvalue weighted by Crippen LogP contribution is 1.91. The first kappa shape index (κ1) is 9.37. The summed E-state index contributed by atoms with van der Waals surface area (Å²) < 4.78 is 0. The number of Topliss-reactive ketones (excluding diaryl/α,β-unsaturated/α-hetero) is 1. The summed E-state index contributed by atoms with van der Waals surface area (Å²) in [6.45, 7) is 8.62. The second kappa shape index (κ2) is 4.23. The Morgan fingerprint density at radius 3 is 2.20 bits per heavy atom. The van der Waals surface area contributed by atoms with Crippen LogP contribution >= 0.6 is 0 Å². The van der Waals surface area contributed by atoms with Gasteiger partial charge in [-0.2, -0.15) is 0 Å². The molecule has 0 spiro atoms. The van der Waals surface area contributed by atoms with E-state index in [2.05, 4.69) is 6.58 Å². The van der Waals surface area contributed by atoms with Crippen LogP contribution in [0.25, 0.3) is 0 Å². The number of rotatable bonds is 4. The van der Waals surface area contributed by atoms with E-state index in [-0.39, 0.29) is 5.78 Å². The first-order valence-corrected chi connectivity index (χ1v) is 3.34. The maximum Gasteiger partial charge on any atom is 0.143 e. The molecule has 0 amide bonds. The molecule has 0 aliphatic heterocycles. The van der Waals surface area contributed by atoms with Crippen molar-refractivity contribution in [3.05, 3.63) is 12.2 Å². The highest BCUT2D eigenvalue weighted by molar-refractivity contribution is 5.77. The molecule has 0 aliphatic rings. The first-order chi connectivity index (χ1) is 4.52. The van der Waals surface area contributed by atoms with Crippen molar-refractivity contribution in [1.29, 1.82) is 0 Å². The summed E-state index contributed by atoms with van der Waals surface area (Å²) in [6, 6.07) is 0. The van der Waals surface area contributed by atoms with Crippen molar-refractivity contribution >= 4 is 5.78 Å². The van der Waals surface area contributed by atoms with Gasteiger partial charge < -0.3 is 0 Å². The standard InChI is InChI=1S/C8H15NO/c1-7(2)5-9(4)6-8(3)10/h1,5-6H2,2-4H3. The van der Waals surface area contributed by atoms with E-state index in [1.165, 1.54) is 0 Å². The van der Waals surface area contributed by atoms with E-state index in [1.54, 1.807) is 6.92 Å². The minimum atomic E-state index is 0.198. The van der Waals surface area contributed by atoms with Crippen LogP contribution in [0.2, 0.25) is 0 Å². The van der Waals surface area contributed by atoms with Gasteiger partial charge in [0.05, 0.1) is 6.54 Å². The summed E-state index contributed by atoms with van der Waals surface area (Å²) in [4.78, 5) is 12.5. The molecule has 0 atom stereocenters. The van der Waals surface area contributed by atoms with Crippen LogP contribution in [0.4, 0.5) is 0 Å². The molecule has 0 aromatic carbocycles. The summed E-state index contributed by atoms with van der Waals surface area (Å²) >= 11 is 0. The summed E-state index contributed by atoms with van der Waals surface area (Å²) in [6.07, 6.45) is 0. The van der Waals surface area contributed by atoms with E-state index in [1.807, 2.05) is 18.9 Å². The third kappa shape index (κ3) is 5.51. The van der Waals surface area contributed by atoms with Crippen molar-refractivity contribution in [1.82, 2.24) is 4.90 Å². The number of nitrogens with zero attached hydrogens (tertiary/aromatic N) is 1. The Morgan fingerprint density at radius 2 is 1.90 bits per heavy atom. The molecule has 0 aromatic heterocycles. The van der Waals surface area contributed by atoms with Gasteiger partial charge >= 0.3 is 0 Å². The Hall–Kier alpha value is -0.630. The summed E-state index contributed by atoms with van der Waals surface area (Å²) in [5.41, 5.74) is 1.09. The average molecular weight is 141 g/mol. The van der Waals surface area contributed by atoms with E-state index < -0.39 is 0 Å². The van der Waals surface area contributed by atoms with Crippen molar-refractivity contribution in [2.45, 2.75) is 13.8 Å². The fraction of sp³-hybridized carbons (Fsp3) is 0.625. The quantitative estimate of drug-likeness (QED) is 0.546. The normalized spacial score (nSPS) is 10.0. The Labute approximate surface area is 62.5 Å². The number of likely N-dealkylation sites (N-methyl/N-ethyl adjacent to an activating group) is 1. The number of ketones is 1. The topological polar surface area (TPSA) is 20.3 Å². The lowest BCUT2D eigenvalue weighted by atomic mass is 10.3. The van der Waals surface area contributed by atoms with E-state index in [4.69, 9.17) is 0 Å². The zero-order valence-electron chi connectivity index (χ0n) is 6.98. The van der Waals surface area contributed by atoms with Gasteiger partial charge in [0.1, 0.15) is 5.78 Å². The fourth-order valence-electron chi connectivity index (χ4n) is 0.897. The molecule has 2 heteroatoms.